The summed E-state index contributed by atoms with van der Waals surface area (Å²) in [6, 6.07) is 9.48. The highest BCUT2D eigenvalue weighted by Gasteiger charge is 2.19. The van der Waals surface area contributed by atoms with E-state index in [4.69, 9.17) is 32.7 Å². The normalized spacial score (nSPS) is 14.6. The summed E-state index contributed by atoms with van der Waals surface area (Å²) in [6.07, 6.45) is 5.33. The van der Waals surface area contributed by atoms with Crippen molar-refractivity contribution in [1.29, 1.82) is 0 Å². The van der Waals surface area contributed by atoms with Crippen molar-refractivity contribution in [3.63, 3.8) is 0 Å². The Hall–Kier alpha value is -2.48. The van der Waals surface area contributed by atoms with Gasteiger partial charge in [0.15, 0.2) is 0 Å². The molecule has 176 valence electrons. The van der Waals surface area contributed by atoms with Gasteiger partial charge in [-0.2, -0.15) is 5.10 Å². The third-order valence-corrected chi connectivity index (χ3v) is 6.58. The molecule has 1 aliphatic rings. The number of halogens is 2. The number of hydrogen-bond acceptors (Lipinski definition) is 6. The molecule has 3 aromatic rings. The maximum atomic E-state index is 12.1. The summed E-state index contributed by atoms with van der Waals surface area (Å²) in [5.74, 6) is 0.350. The molecule has 0 radical (unpaired) electrons. The van der Waals surface area contributed by atoms with Gasteiger partial charge >= 0.3 is 5.97 Å². The first-order valence-corrected chi connectivity index (χ1v) is 12.0. The molecular formula is C24H28Cl2N4O3. The summed E-state index contributed by atoms with van der Waals surface area (Å²) in [7, 11) is 0. The molecule has 0 atom stereocenters. The van der Waals surface area contributed by atoms with Crippen LogP contribution in [0, 0.1) is 0 Å². The van der Waals surface area contributed by atoms with Crippen LogP contribution in [-0.2, 0) is 4.74 Å². The number of carbonyl (C=O) groups excluding carboxylic acids is 1. The third kappa shape index (κ3) is 5.72. The Morgan fingerprint density at radius 1 is 1.12 bits per heavy atom. The molecule has 1 fully saturated rings. The Bertz CT molecular complexity index is 1100. The number of pyridine rings is 1. The molecule has 4 rings (SSSR count). The molecule has 0 N–H and O–H groups in total. The molecule has 0 aliphatic carbocycles. The minimum absolute atomic E-state index is 0.329. The molecule has 1 saturated heterocycles. The number of piperazine rings is 1. The fourth-order valence-corrected chi connectivity index (χ4v) is 4.41. The molecule has 0 saturated carbocycles. The maximum Gasteiger partial charge on any atom is 0.341 e. The van der Waals surface area contributed by atoms with Gasteiger partial charge in [0, 0.05) is 38.4 Å². The minimum Gasteiger partial charge on any atom is -0.493 e. The van der Waals surface area contributed by atoms with E-state index in [1.807, 2.05) is 30.3 Å². The lowest BCUT2D eigenvalue weighted by Gasteiger charge is -2.36. The number of rotatable bonds is 9. The van der Waals surface area contributed by atoms with Gasteiger partial charge in [-0.1, -0.05) is 29.3 Å². The number of fused-ring (bicyclic) bond motifs is 1. The van der Waals surface area contributed by atoms with Crippen LogP contribution in [0.15, 0.2) is 42.7 Å². The molecule has 9 heteroatoms. The zero-order valence-corrected chi connectivity index (χ0v) is 20.2. The number of benzene rings is 1. The van der Waals surface area contributed by atoms with Crippen molar-refractivity contribution in [1.82, 2.24) is 14.5 Å². The van der Waals surface area contributed by atoms with Crippen LogP contribution in [0.2, 0.25) is 10.0 Å². The van der Waals surface area contributed by atoms with Crippen molar-refractivity contribution in [2.24, 2.45) is 0 Å². The number of ether oxygens (including phenoxy) is 2. The molecule has 0 spiro atoms. The summed E-state index contributed by atoms with van der Waals surface area (Å²) in [5, 5.41) is 5.43. The van der Waals surface area contributed by atoms with Crippen LogP contribution in [0.25, 0.3) is 5.52 Å². The molecule has 2 aromatic heterocycles. The summed E-state index contributed by atoms with van der Waals surface area (Å²) in [5.41, 5.74) is 2.14. The first kappa shape index (κ1) is 23.7. The average molecular weight is 491 g/mol. The predicted molar refractivity (Wildman–Crippen MR) is 131 cm³/mol. The van der Waals surface area contributed by atoms with Gasteiger partial charge in [-0.25, -0.2) is 9.31 Å². The number of hydrogen-bond donors (Lipinski definition) is 0. The van der Waals surface area contributed by atoms with Crippen LogP contribution in [0.4, 0.5) is 5.69 Å². The summed E-state index contributed by atoms with van der Waals surface area (Å²) >= 11 is 12.5. The molecule has 0 unspecified atom stereocenters. The summed E-state index contributed by atoms with van der Waals surface area (Å²) in [4.78, 5) is 16.8. The molecule has 0 amide bonds. The number of unbranched alkanes of at least 4 members (excludes halogenated alkanes) is 1. The predicted octanol–water partition coefficient (Wildman–Crippen LogP) is 4.80. The second kappa shape index (κ2) is 11.1. The molecule has 0 bridgehead atoms. The second-order valence-corrected chi connectivity index (χ2v) is 8.71. The van der Waals surface area contributed by atoms with Crippen molar-refractivity contribution in [2.75, 3.05) is 50.8 Å². The smallest absolute Gasteiger partial charge is 0.341 e. The number of carbonyl (C=O) groups is 1. The van der Waals surface area contributed by atoms with Gasteiger partial charge in [0.25, 0.3) is 0 Å². The Morgan fingerprint density at radius 3 is 2.73 bits per heavy atom. The Morgan fingerprint density at radius 2 is 1.94 bits per heavy atom. The van der Waals surface area contributed by atoms with Crippen LogP contribution >= 0.6 is 23.2 Å². The highest BCUT2D eigenvalue weighted by atomic mass is 35.5. The lowest BCUT2D eigenvalue weighted by molar-refractivity contribution is 0.0528. The topological polar surface area (TPSA) is 59.3 Å². The molecular weight excluding hydrogens is 463 g/mol. The number of anilines is 1. The molecule has 7 nitrogen and oxygen atoms in total. The molecule has 1 aromatic carbocycles. The minimum atomic E-state index is -0.373. The van der Waals surface area contributed by atoms with E-state index >= 15 is 0 Å². The number of nitrogens with zero attached hydrogens (tertiary/aromatic N) is 4. The van der Waals surface area contributed by atoms with E-state index in [0.29, 0.717) is 34.3 Å². The quantitative estimate of drug-likeness (QED) is 0.317. The van der Waals surface area contributed by atoms with E-state index in [9.17, 15) is 4.79 Å². The van der Waals surface area contributed by atoms with Crippen LogP contribution in [0.5, 0.6) is 5.75 Å². The zero-order valence-electron chi connectivity index (χ0n) is 18.7. The lowest BCUT2D eigenvalue weighted by Crippen LogP contribution is -2.46. The lowest BCUT2D eigenvalue weighted by atomic mass is 10.2. The van der Waals surface area contributed by atoms with Gasteiger partial charge in [0.2, 0.25) is 0 Å². The van der Waals surface area contributed by atoms with E-state index in [0.717, 1.165) is 57.0 Å². The Kier molecular flexibility index (Phi) is 7.96. The second-order valence-electron chi connectivity index (χ2n) is 7.93. The van der Waals surface area contributed by atoms with Gasteiger partial charge in [0.05, 0.1) is 40.7 Å². The Balaban J connectivity index is 1.20. The number of aromatic nitrogens is 2. The highest BCUT2D eigenvalue weighted by molar-refractivity contribution is 6.43. The maximum absolute atomic E-state index is 12.1. The third-order valence-electron chi connectivity index (χ3n) is 5.77. The fraction of sp³-hybridized carbons (Fsp3) is 0.417. The zero-order chi connectivity index (χ0) is 23.2. The van der Waals surface area contributed by atoms with Crippen molar-refractivity contribution < 1.29 is 14.3 Å². The van der Waals surface area contributed by atoms with Crippen LogP contribution in [-0.4, -0.2) is 66.4 Å². The molecule has 1 aliphatic heterocycles. The van der Waals surface area contributed by atoms with E-state index < -0.39 is 0 Å². The van der Waals surface area contributed by atoms with Crippen molar-refractivity contribution >= 4 is 40.4 Å². The SMILES string of the molecule is CCOC(=O)c1cnn2ccc(OCCCCN3CCN(c4cccc(Cl)c4Cl)CC3)cc12. The van der Waals surface area contributed by atoms with Gasteiger partial charge in [-0.05, 0) is 44.5 Å². The first-order valence-electron chi connectivity index (χ1n) is 11.3. The van der Waals surface area contributed by atoms with E-state index in [2.05, 4.69) is 14.9 Å². The van der Waals surface area contributed by atoms with E-state index in [1.165, 1.54) is 6.20 Å². The standard InChI is InChI=1S/C24H28Cl2N4O3/c1-2-32-24(31)19-17-27-30-10-8-18(16-22(19)30)33-15-4-3-9-28-11-13-29(14-12-28)21-7-5-6-20(25)23(21)26/h5-8,10,16-17H,2-4,9,11-15H2,1H3. The van der Waals surface area contributed by atoms with Gasteiger partial charge < -0.3 is 14.4 Å². The van der Waals surface area contributed by atoms with E-state index in [1.54, 1.807) is 17.6 Å². The van der Waals surface area contributed by atoms with Gasteiger partial charge in [-0.3, -0.25) is 4.90 Å². The highest BCUT2D eigenvalue weighted by Crippen LogP contribution is 2.32. The van der Waals surface area contributed by atoms with Crippen LogP contribution in [0.1, 0.15) is 30.1 Å². The monoisotopic (exact) mass is 490 g/mol. The number of esters is 1. The van der Waals surface area contributed by atoms with Gasteiger partial charge in [-0.15, -0.1) is 0 Å². The Labute approximate surface area is 203 Å². The van der Waals surface area contributed by atoms with Crippen LogP contribution in [0.3, 0.4) is 0 Å². The molecule has 33 heavy (non-hydrogen) atoms. The van der Waals surface area contributed by atoms with E-state index in [-0.39, 0.29) is 5.97 Å². The van der Waals surface area contributed by atoms with Crippen molar-refractivity contribution in [2.45, 2.75) is 19.8 Å². The fourth-order valence-electron chi connectivity index (χ4n) is 3.99. The molecule has 3 heterocycles. The summed E-state index contributed by atoms with van der Waals surface area (Å²) < 4.78 is 12.7. The van der Waals surface area contributed by atoms with Gasteiger partial charge in [0.1, 0.15) is 11.3 Å². The first-order chi connectivity index (χ1) is 16.1. The van der Waals surface area contributed by atoms with Crippen LogP contribution < -0.4 is 9.64 Å². The van der Waals surface area contributed by atoms with Crippen molar-refractivity contribution in [3.05, 3.63) is 58.3 Å². The summed E-state index contributed by atoms with van der Waals surface area (Å²) in [6.45, 7) is 7.64. The largest absolute Gasteiger partial charge is 0.493 e. The average Bonchev–Trinajstić information content (AvgIpc) is 3.25. The van der Waals surface area contributed by atoms with Crippen molar-refractivity contribution in [3.8, 4) is 5.75 Å².